The molecule has 0 spiro atoms. The molecule has 3 N–H and O–H groups in total. The summed E-state index contributed by atoms with van der Waals surface area (Å²) in [5.41, 5.74) is 5.66. The molecule has 1 aromatic rings. The summed E-state index contributed by atoms with van der Waals surface area (Å²) in [6.45, 7) is 0.981. The van der Waals surface area contributed by atoms with Crippen molar-refractivity contribution in [3.05, 3.63) is 24.0 Å². The summed E-state index contributed by atoms with van der Waals surface area (Å²) in [6.07, 6.45) is 0. The van der Waals surface area contributed by atoms with E-state index in [0.29, 0.717) is 24.5 Å². The van der Waals surface area contributed by atoms with Crippen LogP contribution >= 0.6 is 0 Å². The number of para-hydroxylation sites is 1. The molecule has 0 aliphatic heterocycles. The van der Waals surface area contributed by atoms with Crippen LogP contribution in [0.5, 0.6) is 5.75 Å². The Labute approximate surface area is 76.7 Å². The number of halogens is 1. The fraction of sp³-hybridized carbons (Fsp3) is 0.333. The molecule has 0 unspecified atom stereocenters. The molecule has 0 radical (unpaired) electrons. The van der Waals surface area contributed by atoms with Gasteiger partial charge in [-0.25, -0.2) is 4.39 Å². The highest BCUT2D eigenvalue weighted by Crippen LogP contribution is 2.26. The molecule has 1 rings (SSSR count). The predicted molar refractivity (Wildman–Crippen MR) is 50.5 cm³/mol. The van der Waals surface area contributed by atoms with Gasteiger partial charge in [0, 0.05) is 13.1 Å². The predicted octanol–water partition coefficient (Wildman–Crippen LogP) is 1.20. The van der Waals surface area contributed by atoms with Gasteiger partial charge in [-0.1, -0.05) is 6.07 Å². The first kappa shape index (κ1) is 9.80. The van der Waals surface area contributed by atoms with Crippen LogP contribution in [0.4, 0.5) is 10.1 Å². The van der Waals surface area contributed by atoms with Crippen LogP contribution in [0.2, 0.25) is 0 Å². The lowest BCUT2D eigenvalue weighted by molar-refractivity contribution is 0.413. The molecule has 0 aliphatic carbocycles. The number of anilines is 1. The number of rotatable bonds is 4. The van der Waals surface area contributed by atoms with E-state index in [9.17, 15) is 4.39 Å². The van der Waals surface area contributed by atoms with Crippen molar-refractivity contribution in [2.45, 2.75) is 0 Å². The number of nitrogens with one attached hydrogen (secondary N) is 1. The highest BCUT2D eigenvalue weighted by atomic mass is 19.1. The van der Waals surface area contributed by atoms with Gasteiger partial charge in [-0.15, -0.1) is 0 Å². The number of ether oxygens (including phenoxy) is 1. The van der Waals surface area contributed by atoms with E-state index < -0.39 is 0 Å². The van der Waals surface area contributed by atoms with Crippen LogP contribution in [0.3, 0.4) is 0 Å². The average molecular weight is 184 g/mol. The second-order valence-electron chi connectivity index (χ2n) is 2.53. The van der Waals surface area contributed by atoms with Gasteiger partial charge in [-0.2, -0.15) is 0 Å². The fourth-order valence-corrected chi connectivity index (χ4v) is 1.04. The fourth-order valence-electron chi connectivity index (χ4n) is 1.04. The van der Waals surface area contributed by atoms with Gasteiger partial charge in [-0.3, -0.25) is 0 Å². The van der Waals surface area contributed by atoms with Gasteiger partial charge < -0.3 is 15.8 Å². The minimum atomic E-state index is -0.326. The molecule has 0 bridgehead atoms. The number of benzene rings is 1. The van der Waals surface area contributed by atoms with Crippen molar-refractivity contribution < 1.29 is 9.13 Å². The maximum atomic E-state index is 13.2. The van der Waals surface area contributed by atoms with E-state index in [2.05, 4.69) is 5.32 Å². The molecule has 3 nitrogen and oxygen atoms in total. The van der Waals surface area contributed by atoms with Crippen molar-refractivity contribution in [1.82, 2.24) is 0 Å². The average Bonchev–Trinajstić information content (AvgIpc) is 2.15. The zero-order valence-electron chi connectivity index (χ0n) is 7.51. The van der Waals surface area contributed by atoms with Crippen molar-refractivity contribution >= 4 is 5.69 Å². The van der Waals surface area contributed by atoms with Gasteiger partial charge >= 0.3 is 0 Å². The third kappa shape index (κ3) is 2.32. The quantitative estimate of drug-likeness (QED) is 0.739. The Balaban J connectivity index is 2.87. The maximum Gasteiger partial charge on any atom is 0.150 e. The van der Waals surface area contributed by atoms with Gasteiger partial charge in [0.1, 0.15) is 17.3 Å². The second kappa shape index (κ2) is 4.67. The normalized spacial score (nSPS) is 9.77. The summed E-state index contributed by atoms with van der Waals surface area (Å²) in [4.78, 5) is 0. The summed E-state index contributed by atoms with van der Waals surface area (Å²) in [5, 5.41) is 2.86. The van der Waals surface area contributed by atoms with E-state index in [1.54, 1.807) is 12.1 Å². The molecule has 0 aromatic heterocycles. The highest BCUT2D eigenvalue weighted by Gasteiger charge is 2.06. The van der Waals surface area contributed by atoms with Crippen LogP contribution < -0.4 is 15.8 Å². The molecule has 4 heteroatoms. The Morgan fingerprint density at radius 2 is 2.31 bits per heavy atom. The summed E-state index contributed by atoms with van der Waals surface area (Å²) in [5.74, 6) is 0.168. The molecular weight excluding hydrogens is 171 g/mol. The summed E-state index contributed by atoms with van der Waals surface area (Å²) in [7, 11) is 1.50. The Morgan fingerprint density at radius 1 is 1.54 bits per heavy atom. The molecular formula is C9H13FN2O. The first-order valence-electron chi connectivity index (χ1n) is 4.06. The van der Waals surface area contributed by atoms with Crippen molar-refractivity contribution in [3.63, 3.8) is 0 Å². The van der Waals surface area contributed by atoms with Crippen LogP contribution in [0, 0.1) is 5.82 Å². The Kier molecular flexibility index (Phi) is 3.52. The van der Waals surface area contributed by atoms with Gasteiger partial charge in [0.15, 0.2) is 0 Å². The SMILES string of the molecule is COc1cccc(F)c1NCCN. The van der Waals surface area contributed by atoms with E-state index in [1.165, 1.54) is 13.2 Å². The van der Waals surface area contributed by atoms with Crippen LogP contribution in [-0.2, 0) is 0 Å². The minimum absolute atomic E-state index is 0.326. The van der Waals surface area contributed by atoms with E-state index in [1.807, 2.05) is 0 Å². The van der Waals surface area contributed by atoms with Gasteiger partial charge in [0.05, 0.1) is 7.11 Å². The van der Waals surface area contributed by atoms with Gasteiger partial charge in [0.2, 0.25) is 0 Å². The number of nitrogens with two attached hydrogens (primary N) is 1. The number of hydrogen-bond donors (Lipinski definition) is 2. The maximum absolute atomic E-state index is 13.2. The van der Waals surface area contributed by atoms with Crippen molar-refractivity contribution in [2.75, 3.05) is 25.5 Å². The van der Waals surface area contributed by atoms with Crippen LogP contribution in [-0.4, -0.2) is 20.2 Å². The first-order chi connectivity index (χ1) is 6.29. The Bertz CT molecular complexity index is 278. The lowest BCUT2D eigenvalue weighted by Crippen LogP contribution is -2.14. The molecule has 0 aliphatic rings. The number of methoxy groups -OCH3 is 1. The van der Waals surface area contributed by atoms with Gasteiger partial charge in [0.25, 0.3) is 0 Å². The topological polar surface area (TPSA) is 47.3 Å². The summed E-state index contributed by atoms with van der Waals surface area (Å²) < 4.78 is 18.2. The smallest absolute Gasteiger partial charge is 0.150 e. The van der Waals surface area contributed by atoms with Gasteiger partial charge in [-0.05, 0) is 12.1 Å². The largest absolute Gasteiger partial charge is 0.494 e. The highest BCUT2D eigenvalue weighted by molar-refractivity contribution is 5.57. The summed E-state index contributed by atoms with van der Waals surface area (Å²) in [6, 6.07) is 4.67. The standard InChI is InChI=1S/C9H13FN2O/c1-13-8-4-2-3-7(10)9(8)12-6-5-11/h2-4,12H,5-6,11H2,1H3. The zero-order valence-corrected chi connectivity index (χ0v) is 7.51. The summed E-state index contributed by atoms with van der Waals surface area (Å²) >= 11 is 0. The monoisotopic (exact) mass is 184 g/mol. The molecule has 13 heavy (non-hydrogen) atoms. The van der Waals surface area contributed by atoms with Crippen LogP contribution in [0.1, 0.15) is 0 Å². The minimum Gasteiger partial charge on any atom is -0.494 e. The third-order valence-corrected chi connectivity index (χ3v) is 1.64. The molecule has 0 atom stereocenters. The van der Waals surface area contributed by atoms with Crippen molar-refractivity contribution in [3.8, 4) is 5.75 Å². The van der Waals surface area contributed by atoms with E-state index >= 15 is 0 Å². The van der Waals surface area contributed by atoms with E-state index in [4.69, 9.17) is 10.5 Å². The van der Waals surface area contributed by atoms with Crippen LogP contribution in [0.15, 0.2) is 18.2 Å². The molecule has 1 aromatic carbocycles. The molecule has 0 fully saturated rings. The van der Waals surface area contributed by atoms with E-state index in [0.717, 1.165) is 0 Å². The third-order valence-electron chi connectivity index (χ3n) is 1.64. The number of hydrogen-bond acceptors (Lipinski definition) is 3. The molecule has 0 saturated carbocycles. The Hall–Kier alpha value is -1.29. The Morgan fingerprint density at radius 3 is 2.92 bits per heavy atom. The van der Waals surface area contributed by atoms with E-state index in [-0.39, 0.29) is 5.82 Å². The molecule has 0 saturated heterocycles. The van der Waals surface area contributed by atoms with Crippen molar-refractivity contribution in [2.24, 2.45) is 5.73 Å². The van der Waals surface area contributed by atoms with Crippen molar-refractivity contribution in [1.29, 1.82) is 0 Å². The first-order valence-corrected chi connectivity index (χ1v) is 4.06. The molecule has 0 heterocycles. The molecule has 0 amide bonds. The second-order valence-corrected chi connectivity index (χ2v) is 2.53. The van der Waals surface area contributed by atoms with Crippen LogP contribution in [0.25, 0.3) is 0 Å². The molecule has 72 valence electrons. The lowest BCUT2D eigenvalue weighted by atomic mass is 10.2. The lowest BCUT2D eigenvalue weighted by Gasteiger charge is -2.10. The zero-order chi connectivity index (χ0) is 9.68.